The number of hydrogen-bond acceptors (Lipinski definition) is 5. The van der Waals surface area contributed by atoms with Crippen molar-refractivity contribution in [3.63, 3.8) is 0 Å². The van der Waals surface area contributed by atoms with Crippen LogP contribution < -0.4 is 21.5 Å². The first-order valence-electron chi connectivity index (χ1n) is 6.66. The van der Waals surface area contributed by atoms with Gasteiger partial charge in [-0.1, -0.05) is 25.1 Å². The highest BCUT2D eigenvalue weighted by Crippen LogP contribution is 2.31. The molecule has 1 unspecified atom stereocenters. The number of fused-ring (bicyclic) bond motifs is 1. The van der Waals surface area contributed by atoms with Crippen LogP contribution in [0.2, 0.25) is 0 Å². The van der Waals surface area contributed by atoms with E-state index in [1.165, 1.54) is 5.56 Å². The highest BCUT2D eigenvalue weighted by molar-refractivity contribution is 5.73. The van der Waals surface area contributed by atoms with Gasteiger partial charge in [-0.05, 0) is 23.1 Å². The summed E-state index contributed by atoms with van der Waals surface area (Å²) in [6.45, 7) is 2.84. The summed E-state index contributed by atoms with van der Waals surface area (Å²) in [5.74, 6) is 0. The summed E-state index contributed by atoms with van der Waals surface area (Å²) >= 11 is 0. The Kier molecular flexibility index (Phi) is 2.87. The van der Waals surface area contributed by atoms with Crippen molar-refractivity contribution in [1.29, 1.82) is 0 Å². The lowest BCUT2D eigenvalue weighted by atomic mass is 9.94. The summed E-state index contributed by atoms with van der Waals surface area (Å²) in [6, 6.07) is 5.97. The van der Waals surface area contributed by atoms with E-state index in [0.29, 0.717) is 6.54 Å². The predicted molar refractivity (Wildman–Crippen MR) is 77.6 cm³/mol. The largest absolute Gasteiger partial charge is 0.394 e. The van der Waals surface area contributed by atoms with Gasteiger partial charge in [0.15, 0.2) is 0 Å². The maximum Gasteiger partial charge on any atom is 0.253 e. The second-order valence-corrected chi connectivity index (χ2v) is 5.20. The van der Waals surface area contributed by atoms with Crippen LogP contribution >= 0.6 is 0 Å². The number of rotatable bonds is 2. The third kappa shape index (κ3) is 1.74. The average molecular weight is 272 g/mol. The molecule has 5 heteroatoms. The summed E-state index contributed by atoms with van der Waals surface area (Å²) in [4.78, 5) is 24.5. The van der Waals surface area contributed by atoms with Crippen molar-refractivity contribution < 1.29 is 5.11 Å². The van der Waals surface area contributed by atoms with Crippen LogP contribution in [0.25, 0.3) is 0 Å². The zero-order valence-corrected chi connectivity index (χ0v) is 11.2. The second kappa shape index (κ2) is 4.45. The minimum absolute atomic E-state index is 0.0114. The highest BCUT2D eigenvalue weighted by Gasteiger charge is 2.30. The number of nitrogen functional groups attached to an aromatic ring is 1. The first kappa shape index (κ1) is 12.9. The number of aryl methyl sites for hydroxylation is 1. The Morgan fingerprint density at radius 1 is 1.35 bits per heavy atom. The van der Waals surface area contributed by atoms with E-state index in [9.17, 15) is 14.7 Å². The molecule has 0 radical (unpaired) electrons. The van der Waals surface area contributed by atoms with Crippen LogP contribution in [0.15, 0.2) is 27.8 Å². The fourth-order valence-corrected chi connectivity index (χ4v) is 2.80. The number of nitrogens with zero attached hydrogens (tertiary/aromatic N) is 1. The monoisotopic (exact) mass is 272 g/mol. The van der Waals surface area contributed by atoms with E-state index in [1.807, 2.05) is 18.2 Å². The van der Waals surface area contributed by atoms with E-state index < -0.39 is 17.0 Å². The molecule has 1 atom stereocenters. The second-order valence-electron chi connectivity index (χ2n) is 5.20. The van der Waals surface area contributed by atoms with Crippen LogP contribution in [0, 0.1) is 0 Å². The van der Waals surface area contributed by atoms with Gasteiger partial charge in [0.1, 0.15) is 11.4 Å². The van der Waals surface area contributed by atoms with Gasteiger partial charge in [-0.2, -0.15) is 0 Å². The van der Waals surface area contributed by atoms with Gasteiger partial charge in [-0.15, -0.1) is 0 Å². The first-order chi connectivity index (χ1) is 9.52. The van der Waals surface area contributed by atoms with Gasteiger partial charge < -0.3 is 15.7 Å². The molecule has 0 spiro atoms. The third-order valence-electron chi connectivity index (χ3n) is 3.97. The molecule has 0 saturated carbocycles. The molecule has 0 aliphatic carbocycles. The summed E-state index contributed by atoms with van der Waals surface area (Å²) in [5.41, 5.74) is 7.73. The van der Waals surface area contributed by atoms with Gasteiger partial charge in [0, 0.05) is 13.1 Å². The Balaban J connectivity index is 2.00. The lowest BCUT2D eigenvalue weighted by molar-refractivity contribution is 0.175. The summed E-state index contributed by atoms with van der Waals surface area (Å²) in [7, 11) is 0. The Morgan fingerprint density at radius 3 is 2.75 bits per heavy atom. The molecule has 3 N–H and O–H groups in total. The number of anilines is 2. The standard InChI is InChI=1S/C15H16N2O3/c1-2-8-3-4-10-9(5-8)6-17(7-11(10)18)13-12(16)14(19)15(13)20/h3-5,11,18H,2,6-7,16H2,1H3. The Morgan fingerprint density at radius 2 is 2.10 bits per heavy atom. The van der Waals surface area contributed by atoms with E-state index in [0.717, 1.165) is 17.5 Å². The van der Waals surface area contributed by atoms with Crippen molar-refractivity contribution in [2.75, 3.05) is 17.2 Å². The molecule has 0 bridgehead atoms. The molecule has 0 saturated heterocycles. The van der Waals surface area contributed by atoms with Crippen LogP contribution in [-0.2, 0) is 13.0 Å². The third-order valence-corrected chi connectivity index (χ3v) is 3.97. The molecule has 1 aliphatic heterocycles. The molecule has 104 valence electrons. The number of nitrogens with two attached hydrogens (primary N) is 1. The molecule has 0 amide bonds. The molecule has 20 heavy (non-hydrogen) atoms. The molecule has 5 nitrogen and oxygen atoms in total. The molecule has 2 aromatic rings. The fourth-order valence-electron chi connectivity index (χ4n) is 2.80. The van der Waals surface area contributed by atoms with Crippen LogP contribution in [0.4, 0.5) is 11.4 Å². The van der Waals surface area contributed by atoms with E-state index >= 15 is 0 Å². The van der Waals surface area contributed by atoms with E-state index in [-0.39, 0.29) is 17.9 Å². The molecule has 2 aromatic carbocycles. The fraction of sp³-hybridized carbons (Fsp3) is 0.333. The summed E-state index contributed by atoms with van der Waals surface area (Å²) < 4.78 is 0. The number of aliphatic hydroxyl groups excluding tert-OH is 1. The normalized spacial score (nSPS) is 18.3. The van der Waals surface area contributed by atoms with Crippen LogP contribution in [0.1, 0.15) is 29.7 Å². The van der Waals surface area contributed by atoms with Gasteiger partial charge in [0.25, 0.3) is 10.9 Å². The minimum Gasteiger partial charge on any atom is -0.394 e. The SMILES string of the molecule is CCc1ccc2c(c1)CN(c1c(N)c(=O)c1=O)CC2O. The van der Waals surface area contributed by atoms with Crippen molar-refractivity contribution in [2.24, 2.45) is 0 Å². The number of β-amino-alcohol motifs (C(OH)–C–C–N with tert-alkyl or cyclic N) is 1. The maximum absolute atomic E-state index is 11.6. The molecule has 3 rings (SSSR count). The topological polar surface area (TPSA) is 83.6 Å². The van der Waals surface area contributed by atoms with E-state index in [4.69, 9.17) is 5.73 Å². The molecule has 1 aliphatic rings. The van der Waals surface area contributed by atoms with E-state index in [2.05, 4.69) is 6.92 Å². The zero-order chi connectivity index (χ0) is 14.4. The molecular formula is C15H16N2O3. The average Bonchev–Trinajstić information content (AvgIpc) is 2.46. The molecule has 0 aromatic heterocycles. The van der Waals surface area contributed by atoms with Crippen molar-refractivity contribution in [3.05, 3.63) is 55.3 Å². The predicted octanol–water partition coefficient (Wildman–Crippen LogP) is 0.481. The Hall–Kier alpha value is -2.14. The van der Waals surface area contributed by atoms with Gasteiger partial charge in [-0.3, -0.25) is 9.59 Å². The van der Waals surface area contributed by atoms with Gasteiger partial charge in [0.2, 0.25) is 0 Å². The zero-order valence-electron chi connectivity index (χ0n) is 11.2. The smallest absolute Gasteiger partial charge is 0.253 e. The molecule has 0 fully saturated rings. The van der Waals surface area contributed by atoms with Crippen molar-refractivity contribution >= 4 is 11.4 Å². The Labute approximate surface area is 116 Å². The van der Waals surface area contributed by atoms with Crippen LogP contribution in [0.3, 0.4) is 0 Å². The number of aliphatic hydroxyl groups is 1. The van der Waals surface area contributed by atoms with Crippen molar-refractivity contribution in [1.82, 2.24) is 0 Å². The van der Waals surface area contributed by atoms with Gasteiger partial charge in [0.05, 0.1) is 6.10 Å². The summed E-state index contributed by atoms with van der Waals surface area (Å²) in [5, 5.41) is 10.2. The molecule has 1 heterocycles. The lowest BCUT2D eigenvalue weighted by Crippen LogP contribution is -2.45. The lowest BCUT2D eigenvalue weighted by Gasteiger charge is -2.34. The highest BCUT2D eigenvalue weighted by atomic mass is 16.3. The van der Waals surface area contributed by atoms with Crippen LogP contribution in [0.5, 0.6) is 0 Å². The molecular weight excluding hydrogens is 256 g/mol. The van der Waals surface area contributed by atoms with Crippen LogP contribution in [-0.4, -0.2) is 11.7 Å². The summed E-state index contributed by atoms with van der Waals surface area (Å²) in [6.07, 6.45) is 0.236. The number of benzene rings is 1. The first-order valence-corrected chi connectivity index (χ1v) is 6.66. The van der Waals surface area contributed by atoms with Crippen molar-refractivity contribution in [2.45, 2.75) is 26.0 Å². The van der Waals surface area contributed by atoms with Crippen molar-refractivity contribution in [3.8, 4) is 0 Å². The van der Waals surface area contributed by atoms with E-state index in [1.54, 1.807) is 4.90 Å². The Bertz CT molecular complexity index is 744. The maximum atomic E-state index is 11.6. The quantitative estimate of drug-likeness (QED) is 0.777. The number of hydrogen-bond donors (Lipinski definition) is 2. The van der Waals surface area contributed by atoms with Gasteiger partial charge in [-0.25, -0.2) is 0 Å². The van der Waals surface area contributed by atoms with Gasteiger partial charge >= 0.3 is 0 Å². The minimum atomic E-state index is -0.673.